The van der Waals surface area contributed by atoms with Crippen LogP contribution in [0.1, 0.15) is 0 Å². The molecule has 2 rings (SSSR count). The Hall–Kier alpha value is -0.834. The van der Waals surface area contributed by atoms with E-state index in [0.717, 1.165) is 11.3 Å². The van der Waals surface area contributed by atoms with Crippen molar-refractivity contribution in [2.24, 2.45) is 0 Å². The minimum absolute atomic E-state index is 0. The number of rotatable bonds is 2. The largest absolute Gasteiger partial charge is 0.305 e. The first kappa shape index (κ1) is 15.2. The first-order chi connectivity index (χ1) is 7.97. The fourth-order valence-corrected chi connectivity index (χ4v) is 2.75. The summed E-state index contributed by atoms with van der Waals surface area (Å²) in [4.78, 5) is 4.32. The number of halogens is 1. The molecule has 0 spiro atoms. The summed E-state index contributed by atoms with van der Waals surface area (Å²) in [6, 6.07) is 11.6. The molecular weight excluding hydrogens is 421 g/mol. The van der Waals surface area contributed by atoms with Crippen molar-refractivity contribution in [3.8, 4) is 11.3 Å². The van der Waals surface area contributed by atoms with Crippen LogP contribution in [0.5, 0.6) is 0 Å². The van der Waals surface area contributed by atoms with Crippen LogP contribution < -0.4 is 5.19 Å². The summed E-state index contributed by atoms with van der Waals surface area (Å²) in [6.07, 6.45) is 1.82. The van der Waals surface area contributed by atoms with Crippen molar-refractivity contribution in [1.82, 2.24) is 4.98 Å². The third kappa shape index (κ3) is 3.58. The van der Waals surface area contributed by atoms with Crippen molar-refractivity contribution < 1.29 is 24.5 Å². The molecule has 0 atom stereocenters. The van der Waals surface area contributed by atoms with Crippen molar-refractivity contribution >= 4 is 13.3 Å². The molecule has 0 aliphatic rings. The van der Waals surface area contributed by atoms with Crippen LogP contribution >= 0.6 is 0 Å². The standard InChI is InChI=1S/C14H15FNSi.Ir/c1-17(2,3)13-8-9-16-14(10-13)11-4-6-12(15)7-5-11;/h4,6-10H,1-3H3;/q-1;. The van der Waals surface area contributed by atoms with Crippen molar-refractivity contribution in [2.45, 2.75) is 19.6 Å². The third-order valence-electron chi connectivity index (χ3n) is 2.68. The molecule has 1 radical (unpaired) electrons. The second kappa shape index (κ2) is 5.87. The number of hydrogen-bond donors (Lipinski definition) is 0. The molecule has 0 saturated heterocycles. The van der Waals surface area contributed by atoms with Gasteiger partial charge in [0.25, 0.3) is 0 Å². The first-order valence-electron chi connectivity index (χ1n) is 5.61. The molecule has 0 aliphatic heterocycles. The topological polar surface area (TPSA) is 12.9 Å². The van der Waals surface area contributed by atoms with Crippen molar-refractivity contribution in [3.05, 3.63) is 48.4 Å². The first-order valence-corrected chi connectivity index (χ1v) is 9.11. The van der Waals surface area contributed by atoms with E-state index < -0.39 is 8.07 Å². The maximum absolute atomic E-state index is 12.8. The average molecular weight is 437 g/mol. The van der Waals surface area contributed by atoms with Gasteiger partial charge in [0.1, 0.15) is 0 Å². The molecule has 0 unspecified atom stereocenters. The van der Waals surface area contributed by atoms with Crippen LogP contribution in [0, 0.1) is 11.9 Å². The van der Waals surface area contributed by atoms with E-state index in [1.54, 1.807) is 6.07 Å². The number of aromatic nitrogens is 1. The molecule has 0 amide bonds. The van der Waals surface area contributed by atoms with E-state index >= 15 is 0 Å². The Morgan fingerprint density at radius 3 is 2.44 bits per heavy atom. The van der Waals surface area contributed by atoms with Gasteiger partial charge in [0.15, 0.2) is 0 Å². The van der Waals surface area contributed by atoms with E-state index in [4.69, 9.17) is 0 Å². The average Bonchev–Trinajstić information content (AvgIpc) is 2.29. The van der Waals surface area contributed by atoms with Gasteiger partial charge in [-0.1, -0.05) is 30.9 Å². The Bertz CT molecular complexity index is 520. The van der Waals surface area contributed by atoms with Gasteiger partial charge < -0.3 is 4.98 Å². The van der Waals surface area contributed by atoms with E-state index in [2.05, 4.69) is 42.8 Å². The molecular formula is C14H15FIrNSi-. The molecule has 97 valence electrons. The Kier molecular flexibility index (Phi) is 4.97. The smallest absolute Gasteiger partial charge is 0.0767 e. The molecule has 0 N–H and O–H groups in total. The zero-order valence-electron chi connectivity index (χ0n) is 10.6. The van der Waals surface area contributed by atoms with E-state index in [-0.39, 0.29) is 25.9 Å². The van der Waals surface area contributed by atoms with Gasteiger partial charge in [-0.25, -0.2) is 0 Å². The zero-order valence-corrected chi connectivity index (χ0v) is 14.0. The predicted molar refractivity (Wildman–Crippen MR) is 71.4 cm³/mol. The number of hydrogen-bond acceptors (Lipinski definition) is 1. The van der Waals surface area contributed by atoms with Gasteiger partial charge in [-0.3, -0.25) is 4.39 Å². The Morgan fingerprint density at radius 2 is 1.89 bits per heavy atom. The van der Waals surface area contributed by atoms with E-state index in [1.807, 2.05) is 6.20 Å². The van der Waals surface area contributed by atoms with Crippen LogP contribution in [-0.2, 0) is 20.1 Å². The van der Waals surface area contributed by atoms with Crippen molar-refractivity contribution in [2.75, 3.05) is 0 Å². The summed E-state index contributed by atoms with van der Waals surface area (Å²) < 4.78 is 12.8. The molecule has 2 aromatic rings. The third-order valence-corrected chi connectivity index (χ3v) is 4.72. The van der Waals surface area contributed by atoms with Crippen LogP contribution in [0.15, 0.2) is 36.5 Å². The number of benzene rings is 1. The Balaban J connectivity index is 0.00000162. The SMILES string of the molecule is C[Si](C)(C)c1ccnc(-c2[c-]cc(F)cc2)c1.[Ir]. The summed E-state index contributed by atoms with van der Waals surface area (Å²) in [5.74, 6) is -0.268. The summed E-state index contributed by atoms with van der Waals surface area (Å²) in [7, 11) is -1.34. The number of pyridine rings is 1. The molecule has 0 saturated carbocycles. The van der Waals surface area contributed by atoms with E-state index in [9.17, 15) is 4.39 Å². The van der Waals surface area contributed by atoms with Crippen LogP contribution in [0.25, 0.3) is 11.3 Å². The van der Waals surface area contributed by atoms with E-state index in [0.29, 0.717) is 0 Å². The van der Waals surface area contributed by atoms with Gasteiger partial charge >= 0.3 is 0 Å². The maximum atomic E-state index is 12.8. The summed E-state index contributed by atoms with van der Waals surface area (Å²) in [6.45, 7) is 6.88. The molecule has 0 fully saturated rings. The zero-order chi connectivity index (χ0) is 12.5. The quantitative estimate of drug-likeness (QED) is 0.520. The van der Waals surface area contributed by atoms with Gasteiger partial charge in [-0.05, 0) is 11.8 Å². The van der Waals surface area contributed by atoms with Crippen LogP contribution in [-0.4, -0.2) is 13.1 Å². The van der Waals surface area contributed by atoms with Crippen LogP contribution in [0.2, 0.25) is 19.6 Å². The summed E-state index contributed by atoms with van der Waals surface area (Å²) in [5, 5.41) is 1.35. The second-order valence-corrected chi connectivity index (χ2v) is 10.2. The Morgan fingerprint density at radius 1 is 1.17 bits per heavy atom. The fraction of sp³-hybridized carbons (Fsp3) is 0.214. The van der Waals surface area contributed by atoms with Crippen LogP contribution in [0.3, 0.4) is 0 Å². The monoisotopic (exact) mass is 437 g/mol. The predicted octanol–water partition coefficient (Wildman–Crippen LogP) is 3.23. The molecule has 0 bridgehead atoms. The Labute approximate surface area is 122 Å². The summed E-state index contributed by atoms with van der Waals surface area (Å²) in [5.41, 5.74) is 1.71. The maximum Gasteiger partial charge on any atom is 0.0767 e. The second-order valence-electron chi connectivity index (χ2n) is 5.10. The minimum atomic E-state index is -1.34. The van der Waals surface area contributed by atoms with Crippen molar-refractivity contribution in [1.29, 1.82) is 0 Å². The number of nitrogens with zero attached hydrogens (tertiary/aromatic N) is 1. The van der Waals surface area contributed by atoms with Crippen LogP contribution in [0.4, 0.5) is 4.39 Å². The molecule has 1 nitrogen and oxygen atoms in total. The molecule has 1 aromatic heterocycles. The van der Waals surface area contributed by atoms with Gasteiger partial charge in [0.05, 0.1) is 8.07 Å². The van der Waals surface area contributed by atoms with Gasteiger partial charge in [0, 0.05) is 32.1 Å². The van der Waals surface area contributed by atoms with Gasteiger partial charge in [-0.2, -0.15) is 0 Å². The summed E-state index contributed by atoms with van der Waals surface area (Å²) >= 11 is 0. The fourth-order valence-electron chi connectivity index (χ4n) is 1.61. The molecule has 1 heterocycles. The molecule has 1 aromatic carbocycles. The molecule has 0 aliphatic carbocycles. The van der Waals surface area contributed by atoms with Gasteiger partial charge in [-0.15, -0.1) is 29.8 Å². The van der Waals surface area contributed by atoms with E-state index in [1.165, 1.54) is 17.3 Å². The van der Waals surface area contributed by atoms with Gasteiger partial charge in [0.2, 0.25) is 0 Å². The molecule has 4 heteroatoms. The minimum Gasteiger partial charge on any atom is -0.305 e. The normalized spacial score (nSPS) is 10.9. The molecule has 18 heavy (non-hydrogen) atoms. The van der Waals surface area contributed by atoms with Crippen molar-refractivity contribution in [3.63, 3.8) is 0 Å².